The molecule has 5 heteroatoms. The smallest absolute Gasteiger partial charge is 0.260 e. The Kier molecular flexibility index (Phi) is 5.41. The van der Waals surface area contributed by atoms with E-state index in [0.717, 1.165) is 0 Å². The summed E-state index contributed by atoms with van der Waals surface area (Å²) in [4.78, 5) is 13.3. The van der Waals surface area contributed by atoms with Crippen LogP contribution in [0.15, 0.2) is 22.7 Å². The zero-order chi connectivity index (χ0) is 12.8. The van der Waals surface area contributed by atoms with Crippen LogP contribution in [-0.4, -0.2) is 30.5 Å². The summed E-state index contributed by atoms with van der Waals surface area (Å²) < 4.78 is 18.8. The van der Waals surface area contributed by atoms with Crippen molar-refractivity contribution >= 4 is 21.8 Å². The maximum Gasteiger partial charge on any atom is 0.260 e. The molecule has 1 amide bonds. The predicted octanol–water partition coefficient (Wildman–Crippen LogP) is 2.84. The van der Waals surface area contributed by atoms with Crippen molar-refractivity contribution in [3.05, 3.63) is 28.5 Å². The second kappa shape index (κ2) is 6.59. The second-order valence-electron chi connectivity index (χ2n) is 3.43. The molecule has 0 fully saturated rings. The van der Waals surface area contributed by atoms with Crippen LogP contribution in [0, 0.1) is 5.82 Å². The number of ether oxygens (including phenoxy) is 1. The van der Waals surface area contributed by atoms with Crippen molar-refractivity contribution in [2.24, 2.45) is 0 Å². The molecule has 0 radical (unpaired) electrons. The van der Waals surface area contributed by atoms with Crippen molar-refractivity contribution < 1.29 is 13.9 Å². The molecule has 1 rings (SSSR count). The summed E-state index contributed by atoms with van der Waals surface area (Å²) in [5.74, 6) is -0.151. The van der Waals surface area contributed by atoms with Crippen LogP contribution in [-0.2, 0) is 4.79 Å². The number of benzene rings is 1. The van der Waals surface area contributed by atoms with Crippen molar-refractivity contribution in [2.45, 2.75) is 13.8 Å². The highest BCUT2D eigenvalue weighted by atomic mass is 79.9. The van der Waals surface area contributed by atoms with Gasteiger partial charge in [0, 0.05) is 19.2 Å². The van der Waals surface area contributed by atoms with Gasteiger partial charge < -0.3 is 9.64 Å². The van der Waals surface area contributed by atoms with E-state index in [1.807, 2.05) is 13.8 Å². The minimum absolute atomic E-state index is 0.0667. The van der Waals surface area contributed by atoms with Crippen LogP contribution in [0.2, 0.25) is 0 Å². The van der Waals surface area contributed by atoms with E-state index < -0.39 is 5.82 Å². The molecule has 0 atom stereocenters. The lowest BCUT2D eigenvalue weighted by molar-refractivity contribution is -0.132. The summed E-state index contributed by atoms with van der Waals surface area (Å²) in [6.07, 6.45) is 0. The molecule has 0 spiro atoms. The van der Waals surface area contributed by atoms with E-state index in [-0.39, 0.29) is 12.5 Å². The molecule has 0 bridgehead atoms. The molecule has 3 nitrogen and oxygen atoms in total. The maximum absolute atomic E-state index is 13.2. The Balaban J connectivity index is 2.55. The molecule has 0 N–H and O–H groups in total. The van der Waals surface area contributed by atoms with E-state index in [2.05, 4.69) is 15.9 Å². The molecule has 0 unspecified atom stereocenters. The normalized spacial score (nSPS) is 10.1. The monoisotopic (exact) mass is 303 g/mol. The Hall–Kier alpha value is -1.10. The minimum Gasteiger partial charge on any atom is -0.484 e. The van der Waals surface area contributed by atoms with Gasteiger partial charge in [0.2, 0.25) is 0 Å². The highest BCUT2D eigenvalue weighted by molar-refractivity contribution is 9.10. The first-order valence-electron chi connectivity index (χ1n) is 5.44. The van der Waals surface area contributed by atoms with Gasteiger partial charge in [-0.05, 0) is 41.9 Å². The van der Waals surface area contributed by atoms with Gasteiger partial charge in [0.15, 0.2) is 6.61 Å². The van der Waals surface area contributed by atoms with Gasteiger partial charge in [0.1, 0.15) is 11.6 Å². The number of carbonyl (C=O) groups excluding carboxylic acids is 1. The number of carbonyl (C=O) groups is 1. The topological polar surface area (TPSA) is 29.5 Å². The zero-order valence-electron chi connectivity index (χ0n) is 9.87. The lowest BCUT2D eigenvalue weighted by Gasteiger charge is -2.18. The number of likely N-dealkylation sites (N-methyl/N-ethyl adjacent to an activating group) is 1. The molecule has 0 aliphatic carbocycles. The molecule has 94 valence electrons. The maximum atomic E-state index is 13.2. The van der Waals surface area contributed by atoms with Crippen LogP contribution in [0.25, 0.3) is 0 Å². The Bertz CT molecular complexity index is 394. The van der Waals surface area contributed by atoms with E-state index in [1.54, 1.807) is 17.0 Å². The molecule has 0 heterocycles. The highest BCUT2D eigenvalue weighted by Crippen LogP contribution is 2.20. The van der Waals surface area contributed by atoms with Crippen LogP contribution in [0.3, 0.4) is 0 Å². The third-order valence-corrected chi connectivity index (χ3v) is 3.01. The van der Waals surface area contributed by atoms with Crippen LogP contribution >= 0.6 is 15.9 Å². The average Bonchev–Trinajstić information content (AvgIpc) is 2.32. The van der Waals surface area contributed by atoms with Crippen LogP contribution in [0.5, 0.6) is 5.75 Å². The summed E-state index contributed by atoms with van der Waals surface area (Å²) in [6, 6.07) is 4.41. The molecule has 0 saturated heterocycles. The van der Waals surface area contributed by atoms with Gasteiger partial charge in [-0.3, -0.25) is 4.79 Å². The van der Waals surface area contributed by atoms with E-state index in [4.69, 9.17) is 4.74 Å². The van der Waals surface area contributed by atoms with Gasteiger partial charge in [-0.1, -0.05) is 0 Å². The van der Waals surface area contributed by atoms with Crippen molar-refractivity contribution in [2.75, 3.05) is 19.7 Å². The van der Waals surface area contributed by atoms with Crippen molar-refractivity contribution in [3.8, 4) is 5.75 Å². The fourth-order valence-corrected chi connectivity index (χ4v) is 1.63. The van der Waals surface area contributed by atoms with Crippen LogP contribution < -0.4 is 4.74 Å². The first-order chi connectivity index (χ1) is 8.08. The van der Waals surface area contributed by atoms with Crippen molar-refractivity contribution in [1.82, 2.24) is 4.90 Å². The highest BCUT2D eigenvalue weighted by Gasteiger charge is 2.10. The summed E-state index contributed by atoms with van der Waals surface area (Å²) in [5, 5.41) is 0. The number of nitrogens with zero attached hydrogens (tertiary/aromatic N) is 1. The molecular formula is C12H15BrFNO2. The number of halogens is 2. The quantitative estimate of drug-likeness (QED) is 0.837. The summed E-state index contributed by atoms with van der Waals surface area (Å²) in [5.41, 5.74) is 0. The lowest BCUT2D eigenvalue weighted by Crippen LogP contribution is -2.34. The summed E-state index contributed by atoms with van der Waals surface area (Å²) >= 11 is 3.05. The molecule has 0 aliphatic rings. The molecule has 17 heavy (non-hydrogen) atoms. The minimum atomic E-state index is -0.405. The molecule has 0 aromatic heterocycles. The van der Waals surface area contributed by atoms with Crippen LogP contribution in [0.1, 0.15) is 13.8 Å². The Morgan fingerprint density at radius 2 is 2.06 bits per heavy atom. The largest absolute Gasteiger partial charge is 0.484 e. The summed E-state index contributed by atoms with van der Waals surface area (Å²) in [7, 11) is 0. The molecule has 1 aromatic carbocycles. The van der Waals surface area contributed by atoms with E-state index in [9.17, 15) is 9.18 Å². The molecule has 1 aromatic rings. The van der Waals surface area contributed by atoms with Crippen molar-refractivity contribution in [3.63, 3.8) is 0 Å². The molecule has 0 saturated carbocycles. The van der Waals surface area contributed by atoms with Gasteiger partial charge in [-0.25, -0.2) is 4.39 Å². The van der Waals surface area contributed by atoms with E-state index in [0.29, 0.717) is 23.3 Å². The summed E-state index contributed by atoms with van der Waals surface area (Å²) in [6.45, 7) is 5.03. The predicted molar refractivity (Wildman–Crippen MR) is 67.5 cm³/mol. The first-order valence-corrected chi connectivity index (χ1v) is 6.23. The molecular weight excluding hydrogens is 289 g/mol. The number of hydrogen-bond donors (Lipinski definition) is 0. The van der Waals surface area contributed by atoms with Crippen molar-refractivity contribution in [1.29, 1.82) is 0 Å². The third-order valence-electron chi connectivity index (χ3n) is 2.37. The van der Waals surface area contributed by atoms with Gasteiger partial charge in [0.25, 0.3) is 5.91 Å². The second-order valence-corrected chi connectivity index (χ2v) is 4.28. The van der Waals surface area contributed by atoms with Gasteiger partial charge in [0.05, 0.1) is 4.47 Å². The number of amides is 1. The van der Waals surface area contributed by atoms with Crippen LogP contribution in [0.4, 0.5) is 4.39 Å². The fraction of sp³-hybridized carbons (Fsp3) is 0.417. The van der Waals surface area contributed by atoms with Gasteiger partial charge >= 0.3 is 0 Å². The SMILES string of the molecule is CCN(CC)C(=O)COc1ccc(Br)c(F)c1. The van der Waals surface area contributed by atoms with E-state index >= 15 is 0 Å². The van der Waals surface area contributed by atoms with Gasteiger partial charge in [-0.2, -0.15) is 0 Å². The Morgan fingerprint density at radius 3 is 2.59 bits per heavy atom. The molecule has 0 aliphatic heterocycles. The standard InChI is InChI=1S/C12H15BrFNO2/c1-3-15(4-2)12(16)8-17-9-5-6-10(13)11(14)7-9/h5-7H,3-4,8H2,1-2H3. The Morgan fingerprint density at radius 1 is 1.41 bits per heavy atom. The number of rotatable bonds is 5. The van der Waals surface area contributed by atoms with Gasteiger partial charge in [-0.15, -0.1) is 0 Å². The first kappa shape index (κ1) is 14.0. The van der Waals surface area contributed by atoms with E-state index in [1.165, 1.54) is 6.07 Å². The average molecular weight is 304 g/mol. The lowest BCUT2D eigenvalue weighted by atomic mass is 10.3. The Labute approximate surface area is 109 Å². The number of hydrogen-bond acceptors (Lipinski definition) is 2. The fourth-order valence-electron chi connectivity index (χ4n) is 1.38. The zero-order valence-corrected chi connectivity index (χ0v) is 11.5. The third kappa shape index (κ3) is 4.00.